The van der Waals surface area contributed by atoms with E-state index in [0.717, 1.165) is 18.4 Å². The molecule has 0 atom stereocenters. The summed E-state index contributed by atoms with van der Waals surface area (Å²) in [5, 5.41) is 2.74. The average Bonchev–Trinajstić information content (AvgIpc) is 3.54. The van der Waals surface area contributed by atoms with Gasteiger partial charge in [-0.25, -0.2) is 12.8 Å². The van der Waals surface area contributed by atoms with Crippen LogP contribution in [-0.2, 0) is 14.8 Å². The van der Waals surface area contributed by atoms with E-state index in [2.05, 4.69) is 5.32 Å². The number of carbonyl (C=O) groups excluding carboxylic acids is 1. The first-order valence-corrected chi connectivity index (χ1v) is 11.2. The number of carbonyl (C=O) groups is 1. The molecule has 2 aromatic rings. The quantitative estimate of drug-likeness (QED) is 0.812. The van der Waals surface area contributed by atoms with Crippen molar-refractivity contribution >= 4 is 27.3 Å². The maximum atomic E-state index is 14.6. The van der Waals surface area contributed by atoms with Crippen molar-refractivity contribution in [3.8, 4) is 0 Å². The van der Waals surface area contributed by atoms with Gasteiger partial charge in [0.15, 0.2) is 0 Å². The van der Waals surface area contributed by atoms with E-state index in [-0.39, 0.29) is 29.8 Å². The third-order valence-electron chi connectivity index (χ3n) is 5.40. The zero-order valence-corrected chi connectivity index (χ0v) is 17.1. The molecule has 2 aliphatic rings. The van der Waals surface area contributed by atoms with Crippen LogP contribution >= 0.6 is 0 Å². The number of benzene rings is 2. The van der Waals surface area contributed by atoms with Gasteiger partial charge in [0.25, 0.3) is 0 Å². The van der Waals surface area contributed by atoms with Crippen LogP contribution in [0.4, 0.5) is 15.8 Å². The Balaban J connectivity index is 1.41. The Morgan fingerprint density at radius 1 is 1.03 bits per heavy atom. The van der Waals surface area contributed by atoms with E-state index >= 15 is 0 Å². The first-order valence-electron chi connectivity index (χ1n) is 9.77. The number of rotatable bonds is 5. The smallest absolute Gasteiger partial charge is 0.243 e. The van der Waals surface area contributed by atoms with E-state index in [1.54, 1.807) is 36.4 Å². The predicted molar refractivity (Wildman–Crippen MR) is 110 cm³/mol. The van der Waals surface area contributed by atoms with Crippen LogP contribution in [0.5, 0.6) is 0 Å². The van der Waals surface area contributed by atoms with Crippen LogP contribution in [0.3, 0.4) is 0 Å². The fourth-order valence-corrected chi connectivity index (χ4v) is 4.88. The molecule has 0 bridgehead atoms. The first-order chi connectivity index (χ1) is 13.8. The lowest BCUT2D eigenvalue weighted by atomic mass is 10.2. The molecule has 2 fully saturated rings. The maximum Gasteiger partial charge on any atom is 0.243 e. The van der Waals surface area contributed by atoms with E-state index in [1.807, 2.05) is 11.8 Å². The topological polar surface area (TPSA) is 69.7 Å². The van der Waals surface area contributed by atoms with Crippen LogP contribution in [0.1, 0.15) is 18.4 Å². The molecule has 154 valence electrons. The molecule has 29 heavy (non-hydrogen) atoms. The standard InChI is InChI=1S/C21H24FN3O3S/c1-15-2-7-18(8-3-15)29(27,28)25-12-10-24(11-13-25)20-9-6-17(14-19(20)22)23-21(26)16-4-5-16/h2-3,6-9,14,16H,4-5,10-13H2,1H3,(H,23,26). The molecule has 1 aliphatic heterocycles. The van der Waals surface area contributed by atoms with Gasteiger partial charge in [0.05, 0.1) is 10.6 Å². The number of hydrogen-bond donors (Lipinski definition) is 1. The monoisotopic (exact) mass is 417 g/mol. The van der Waals surface area contributed by atoms with Crippen LogP contribution in [0, 0.1) is 18.7 Å². The van der Waals surface area contributed by atoms with E-state index in [4.69, 9.17) is 0 Å². The minimum absolute atomic E-state index is 0.0568. The van der Waals surface area contributed by atoms with E-state index in [1.165, 1.54) is 10.4 Å². The molecule has 8 heteroatoms. The van der Waals surface area contributed by atoms with Crippen LogP contribution in [-0.4, -0.2) is 44.8 Å². The maximum absolute atomic E-state index is 14.6. The number of aryl methyl sites for hydroxylation is 1. The number of anilines is 2. The molecule has 6 nitrogen and oxygen atoms in total. The van der Waals surface area contributed by atoms with Crippen LogP contribution in [0.15, 0.2) is 47.4 Å². The fourth-order valence-electron chi connectivity index (χ4n) is 3.46. The number of piperazine rings is 1. The van der Waals surface area contributed by atoms with Crippen molar-refractivity contribution in [3.63, 3.8) is 0 Å². The Labute approximate surface area is 170 Å². The molecular formula is C21H24FN3O3S. The summed E-state index contributed by atoms with van der Waals surface area (Å²) in [6.45, 7) is 3.28. The van der Waals surface area contributed by atoms with Gasteiger partial charge in [0, 0.05) is 37.8 Å². The summed E-state index contributed by atoms with van der Waals surface area (Å²) in [6, 6.07) is 11.4. The number of nitrogens with zero attached hydrogens (tertiary/aromatic N) is 2. The lowest BCUT2D eigenvalue weighted by Crippen LogP contribution is -2.48. The fraction of sp³-hybridized carbons (Fsp3) is 0.381. The third kappa shape index (κ3) is 4.28. The average molecular weight is 418 g/mol. The van der Waals surface area contributed by atoms with E-state index in [9.17, 15) is 17.6 Å². The van der Waals surface area contributed by atoms with Crippen molar-refractivity contribution in [2.24, 2.45) is 5.92 Å². The summed E-state index contributed by atoms with van der Waals surface area (Å²) < 4.78 is 41.7. The molecule has 1 amide bonds. The number of hydrogen-bond acceptors (Lipinski definition) is 4. The molecule has 1 N–H and O–H groups in total. The van der Waals surface area contributed by atoms with E-state index < -0.39 is 15.8 Å². The summed E-state index contributed by atoms with van der Waals surface area (Å²) >= 11 is 0. The van der Waals surface area contributed by atoms with Crippen molar-refractivity contribution in [1.29, 1.82) is 0 Å². The second-order valence-electron chi connectivity index (χ2n) is 7.63. The normalized spacial score (nSPS) is 17.9. The second-order valence-corrected chi connectivity index (χ2v) is 9.57. The lowest BCUT2D eigenvalue weighted by molar-refractivity contribution is -0.117. The lowest BCUT2D eigenvalue weighted by Gasteiger charge is -2.35. The minimum Gasteiger partial charge on any atom is -0.367 e. The Kier molecular flexibility index (Phi) is 5.31. The Bertz CT molecular complexity index is 1010. The minimum atomic E-state index is -3.55. The van der Waals surface area contributed by atoms with Crippen molar-refractivity contribution in [2.75, 3.05) is 36.4 Å². The highest BCUT2D eigenvalue weighted by molar-refractivity contribution is 7.89. The molecule has 1 saturated heterocycles. The molecule has 2 aromatic carbocycles. The SMILES string of the molecule is Cc1ccc(S(=O)(=O)N2CCN(c3ccc(NC(=O)C4CC4)cc3F)CC2)cc1. The zero-order chi connectivity index (χ0) is 20.6. The first kappa shape index (κ1) is 19.8. The molecule has 1 aliphatic carbocycles. The summed E-state index contributed by atoms with van der Waals surface area (Å²) in [7, 11) is -3.55. The molecule has 0 aromatic heterocycles. The van der Waals surface area contributed by atoms with Crippen molar-refractivity contribution in [1.82, 2.24) is 4.31 Å². The van der Waals surface area contributed by atoms with Gasteiger partial charge in [-0.2, -0.15) is 4.31 Å². The molecule has 1 heterocycles. The largest absolute Gasteiger partial charge is 0.367 e. The highest BCUT2D eigenvalue weighted by atomic mass is 32.2. The van der Waals surface area contributed by atoms with Crippen LogP contribution < -0.4 is 10.2 Å². The van der Waals surface area contributed by atoms with Gasteiger partial charge < -0.3 is 10.2 Å². The Hall–Kier alpha value is -2.45. The van der Waals surface area contributed by atoms with Gasteiger partial charge in [0.2, 0.25) is 15.9 Å². The molecule has 1 saturated carbocycles. The highest BCUT2D eigenvalue weighted by Crippen LogP contribution is 2.31. The van der Waals surface area contributed by atoms with Crippen molar-refractivity contribution in [3.05, 3.63) is 53.8 Å². The highest BCUT2D eigenvalue weighted by Gasteiger charge is 2.31. The van der Waals surface area contributed by atoms with Crippen LogP contribution in [0.2, 0.25) is 0 Å². The van der Waals surface area contributed by atoms with E-state index in [0.29, 0.717) is 24.5 Å². The van der Waals surface area contributed by atoms with Crippen molar-refractivity contribution in [2.45, 2.75) is 24.7 Å². The number of nitrogens with one attached hydrogen (secondary N) is 1. The van der Waals surface area contributed by atoms with Gasteiger partial charge in [-0.3, -0.25) is 4.79 Å². The number of halogens is 1. The summed E-state index contributed by atoms with van der Waals surface area (Å²) in [4.78, 5) is 13.9. The summed E-state index contributed by atoms with van der Waals surface area (Å²) in [5.41, 5.74) is 1.87. The van der Waals surface area contributed by atoms with Gasteiger partial charge in [-0.05, 0) is 50.1 Å². The van der Waals surface area contributed by atoms with Crippen molar-refractivity contribution < 1.29 is 17.6 Å². The summed E-state index contributed by atoms with van der Waals surface area (Å²) in [6.07, 6.45) is 1.78. The number of amides is 1. The molecule has 4 rings (SSSR count). The van der Waals surface area contributed by atoms with Crippen LogP contribution in [0.25, 0.3) is 0 Å². The predicted octanol–water partition coefficient (Wildman–Crippen LogP) is 2.99. The summed E-state index contributed by atoms with van der Waals surface area (Å²) in [5.74, 6) is -0.429. The van der Waals surface area contributed by atoms with Gasteiger partial charge in [-0.1, -0.05) is 17.7 Å². The Morgan fingerprint density at radius 2 is 1.69 bits per heavy atom. The third-order valence-corrected chi connectivity index (χ3v) is 7.31. The zero-order valence-electron chi connectivity index (χ0n) is 16.3. The van der Waals surface area contributed by atoms with Gasteiger partial charge in [0.1, 0.15) is 5.82 Å². The molecular weight excluding hydrogens is 393 g/mol. The molecule has 0 spiro atoms. The Morgan fingerprint density at radius 3 is 2.28 bits per heavy atom. The van der Waals surface area contributed by atoms with Gasteiger partial charge in [-0.15, -0.1) is 0 Å². The molecule has 0 radical (unpaired) electrons. The van der Waals surface area contributed by atoms with Gasteiger partial charge >= 0.3 is 0 Å². The number of sulfonamides is 1. The molecule has 0 unspecified atom stereocenters. The second kappa shape index (κ2) is 7.76.